The van der Waals surface area contributed by atoms with Gasteiger partial charge in [0.2, 0.25) is 0 Å². The summed E-state index contributed by atoms with van der Waals surface area (Å²) >= 11 is 1.88. The highest BCUT2D eigenvalue weighted by molar-refractivity contribution is 7.17. The molecule has 0 radical (unpaired) electrons. The lowest BCUT2D eigenvalue weighted by molar-refractivity contribution is 0.832. The van der Waals surface area contributed by atoms with Gasteiger partial charge in [-0.2, -0.15) is 0 Å². The highest BCUT2D eigenvalue weighted by Crippen LogP contribution is 2.31. The van der Waals surface area contributed by atoms with Gasteiger partial charge in [-0.15, -0.1) is 11.3 Å². The number of hydrogen-bond acceptors (Lipinski definition) is 2. The van der Waals surface area contributed by atoms with Crippen molar-refractivity contribution in [1.82, 2.24) is 9.38 Å². The Hall–Kier alpha value is -0.830. The first kappa shape index (κ1) is 8.48. The molecule has 0 bridgehead atoms. The average Bonchev–Trinajstić information content (AvgIpc) is 2.70. The molecule has 2 aromatic rings. The second-order valence-electron chi connectivity index (χ2n) is 4.30. The van der Waals surface area contributed by atoms with Gasteiger partial charge in [0.25, 0.3) is 0 Å². The smallest absolute Gasteiger partial charge is 0.194 e. The monoisotopic (exact) mass is 206 g/mol. The molecule has 0 atom stereocenters. The third-order valence-electron chi connectivity index (χ3n) is 2.93. The molecule has 2 nitrogen and oxygen atoms in total. The van der Waals surface area contributed by atoms with Crippen LogP contribution in [-0.2, 0) is 12.8 Å². The summed E-state index contributed by atoms with van der Waals surface area (Å²) in [5.74, 6) is 0.541. The van der Waals surface area contributed by atoms with E-state index in [0.717, 1.165) is 0 Å². The van der Waals surface area contributed by atoms with Crippen LogP contribution in [0.5, 0.6) is 0 Å². The second kappa shape index (κ2) is 2.83. The Kier molecular flexibility index (Phi) is 1.71. The number of aromatic nitrogens is 2. The highest BCUT2D eigenvalue weighted by atomic mass is 32.1. The van der Waals surface area contributed by atoms with Crippen molar-refractivity contribution in [3.8, 4) is 0 Å². The molecule has 0 saturated carbocycles. The minimum absolute atomic E-state index is 0.541. The molecule has 1 aliphatic carbocycles. The fourth-order valence-electron chi connectivity index (χ4n) is 2.10. The Morgan fingerprint density at radius 3 is 3.07 bits per heavy atom. The van der Waals surface area contributed by atoms with Crippen LogP contribution in [0.3, 0.4) is 0 Å². The van der Waals surface area contributed by atoms with E-state index >= 15 is 0 Å². The van der Waals surface area contributed by atoms with Crippen LogP contribution in [0.2, 0.25) is 0 Å². The van der Waals surface area contributed by atoms with Gasteiger partial charge in [0.1, 0.15) is 0 Å². The quantitative estimate of drug-likeness (QED) is 0.701. The summed E-state index contributed by atoms with van der Waals surface area (Å²) in [6.07, 6.45) is 6.05. The SMILES string of the molecule is CC(C)c1cn2c3c(sc2n1)CCC3. The van der Waals surface area contributed by atoms with Gasteiger partial charge in [0.05, 0.1) is 5.69 Å². The fraction of sp³-hybridized carbons (Fsp3) is 0.545. The summed E-state index contributed by atoms with van der Waals surface area (Å²) < 4.78 is 2.31. The summed E-state index contributed by atoms with van der Waals surface area (Å²) in [7, 11) is 0. The lowest BCUT2D eigenvalue weighted by Crippen LogP contribution is -1.87. The van der Waals surface area contributed by atoms with E-state index in [0.29, 0.717) is 5.92 Å². The molecule has 2 heterocycles. The van der Waals surface area contributed by atoms with Crippen LogP contribution in [0.15, 0.2) is 6.20 Å². The molecule has 2 aromatic heterocycles. The van der Waals surface area contributed by atoms with Gasteiger partial charge in [-0.1, -0.05) is 13.8 Å². The Morgan fingerprint density at radius 2 is 2.29 bits per heavy atom. The van der Waals surface area contributed by atoms with E-state index < -0.39 is 0 Å². The molecule has 3 rings (SSSR count). The van der Waals surface area contributed by atoms with E-state index in [9.17, 15) is 0 Å². The van der Waals surface area contributed by atoms with Crippen molar-refractivity contribution in [2.24, 2.45) is 0 Å². The number of imidazole rings is 1. The number of fused-ring (bicyclic) bond motifs is 3. The highest BCUT2D eigenvalue weighted by Gasteiger charge is 2.19. The van der Waals surface area contributed by atoms with Gasteiger partial charge in [-0.25, -0.2) is 4.98 Å². The van der Waals surface area contributed by atoms with Crippen LogP contribution in [-0.4, -0.2) is 9.38 Å². The molecule has 0 aromatic carbocycles. The van der Waals surface area contributed by atoms with Crippen molar-refractivity contribution < 1.29 is 0 Å². The molecule has 0 saturated heterocycles. The summed E-state index contributed by atoms with van der Waals surface area (Å²) in [5, 5.41) is 0. The molecule has 0 aliphatic heterocycles. The van der Waals surface area contributed by atoms with Gasteiger partial charge in [-0.3, -0.25) is 4.40 Å². The van der Waals surface area contributed by atoms with Crippen LogP contribution in [0.25, 0.3) is 4.96 Å². The first-order valence-electron chi connectivity index (χ1n) is 5.25. The maximum absolute atomic E-state index is 4.66. The van der Waals surface area contributed by atoms with Crippen LogP contribution >= 0.6 is 11.3 Å². The van der Waals surface area contributed by atoms with Crippen molar-refractivity contribution in [1.29, 1.82) is 0 Å². The van der Waals surface area contributed by atoms with Gasteiger partial charge >= 0.3 is 0 Å². The third kappa shape index (κ3) is 1.05. The fourth-order valence-corrected chi connectivity index (χ4v) is 3.30. The first-order valence-corrected chi connectivity index (χ1v) is 6.07. The molecule has 3 heteroatoms. The van der Waals surface area contributed by atoms with Crippen molar-refractivity contribution in [3.05, 3.63) is 22.5 Å². The largest absolute Gasteiger partial charge is 0.294 e. The Morgan fingerprint density at radius 1 is 1.43 bits per heavy atom. The van der Waals surface area contributed by atoms with E-state index in [4.69, 9.17) is 0 Å². The number of rotatable bonds is 1. The molecule has 14 heavy (non-hydrogen) atoms. The number of aryl methyl sites for hydroxylation is 2. The molecule has 1 aliphatic rings. The number of nitrogens with zero attached hydrogens (tertiary/aromatic N) is 2. The van der Waals surface area contributed by atoms with E-state index in [-0.39, 0.29) is 0 Å². The zero-order chi connectivity index (χ0) is 9.71. The maximum atomic E-state index is 4.66. The normalized spacial score (nSPS) is 15.6. The van der Waals surface area contributed by atoms with E-state index in [1.54, 1.807) is 4.88 Å². The minimum atomic E-state index is 0.541. The topological polar surface area (TPSA) is 17.3 Å². The molecule has 0 amide bonds. The summed E-state index contributed by atoms with van der Waals surface area (Å²) in [6, 6.07) is 0. The predicted octanol–water partition coefficient (Wildman–Crippen LogP) is 3.01. The molecule has 0 spiro atoms. The maximum Gasteiger partial charge on any atom is 0.194 e. The predicted molar refractivity (Wildman–Crippen MR) is 59.2 cm³/mol. The van der Waals surface area contributed by atoms with Crippen LogP contribution in [0, 0.1) is 0 Å². The first-order chi connectivity index (χ1) is 6.75. The summed E-state index contributed by atoms with van der Waals surface area (Å²) in [5.41, 5.74) is 2.75. The summed E-state index contributed by atoms with van der Waals surface area (Å²) in [6.45, 7) is 4.40. The molecule has 0 fully saturated rings. The van der Waals surface area contributed by atoms with Crippen LogP contribution in [0.4, 0.5) is 0 Å². The van der Waals surface area contributed by atoms with Gasteiger partial charge in [-0.05, 0) is 25.2 Å². The molecule has 0 unspecified atom stereocenters. The lowest BCUT2D eigenvalue weighted by atomic mass is 10.2. The Bertz CT molecular complexity index is 479. The summed E-state index contributed by atoms with van der Waals surface area (Å²) in [4.78, 5) is 7.41. The number of hydrogen-bond donors (Lipinski definition) is 0. The molecule has 0 N–H and O–H groups in total. The molecular formula is C11H14N2S. The Balaban J connectivity index is 2.22. The van der Waals surface area contributed by atoms with Crippen molar-refractivity contribution in [2.45, 2.75) is 39.0 Å². The van der Waals surface area contributed by atoms with Gasteiger partial charge < -0.3 is 0 Å². The van der Waals surface area contributed by atoms with Crippen molar-refractivity contribution in [2.75, 3.05) is 0 Å². The van der Waals surface area contributed by atoms with Crippen LogP contribution < -0.4 is 0 Å². The second-order valence-corrected chi connectivity index (χ2v) is 5.36. The molecular weight excluding hydrogens is 192 g/mol. The van der Waals surface area contributed by atoms with Crippen molar-refractivity contribution in [3.63, 3.8) is 0 Å². The lowest BCUT2D eigenvalue weighted by Gasteiger charge is -1.96. The standard InChI is InChI=1S/C11H14N2S/c1-7(2)8-6-13-9-4-3-5-10(9)14-11(13)12-8/h6-7H,3-5H2,1-2H3. The molecule has 74 valence electrons. The van der Waals surface area contributed by atoms with Gasteiger partial charge in [0.15, 0.2) is 4.96 Å². The van der Waals surface area contributed by atoms with Crippen LogP contribution in [0.1, 0.15) is 42.5 Å². The minimum Gasteiger partial charge on any atom is -0.294 e. The zero-order valence-corrected chi connectivity index (χ0v) is 9.40. The van der Waals surface area contributed by atoms with E-state index in [2.05, 4.69) is 29.4 Å². The third-order valence-corrected chi connectivity index (χ3v) is 4.09. The average molecular weight is 206 g/mol. The van der Waals surface area contributed by atoms with Crippen molar-refractivity contribution >= 4 is 16.3 Å². The zero-order valence-electron chi connectivity index (χ0n) is 8.58. The number of thiazole rings is 1. The Labute approximate surface area is 87.6 Å². The van der Waals surface area contributed by atoms with E-state index in [1.807, 2.05) is 11.3 Å². The van der Waals surface area contributed by atoms with E-state index in [1.165, 1.54) is 35.6 Å². The van der Waals surface area contributed by atoms with Gasteiger partial charge in [0, 0.05) is 16.8 Å².